The van der Waals surface area contributed by atoms with Crippen molar-refractivity contribution in [1.29, 1.82) is 0 Å². The van der Waals surface area contributed by atoms with Gasteiger partial charge in [0.15, 0.2) is 5.82 Å². The topological polar surface area (TPSA) is 144 Å². The molecule has 0 radical (unpaired) electrons. The number of benzene rings is 2. The molecule has 3 atom stereocenters. The van der Waals surface area contributed by atoms with Crippen molar-refractivity contribution in [2.24, 2.45) is 29.6 Å². The first-order valence-electron chi connectivity index (χ1n) is 16.0. The van der Waals surface area contributed by atoms with Crippen LogP contribution in [0.15, 0.2) is 64.8 Å². The lowest BCUT2D eigenvalue weighted by Gasteiger charge is -2.23. The van der Waals surface area contributed by atoms with Crippen LogP contribution in [0.4, 0.5) is 32.2 Å². The highest BCUT2D eigenvalue weighted by Crippen LogP contribution is 2.62. The third kappa shape index (κ3) is 7.18. The van der Waals surface area contributed by atoms with Crippen LogP contribution in [0.1, 0.15) is 43.3 Å². The van der Waals surface area contributed by atoms with Crippen molar-refractivity contribution < 1.29 is 36.2 Å². The van der Waals surface area contributed by atoms with Gasteiger partial charge in [-0.25, -0.2) is 9.37 Å². The number of anilines is 1. The van der Waals surface area contributed by atoms with E-state index in [0.29, 0.717) is 32.6 Å². The van der Waals surface area contributed by atoms with E-state index in [0.717, 1.165) is 0 Å². The molecule has 2 saturated carbocycles. The molecule has 0 aliphatic heterocycles. The predicted molar refractivity (Wildman–Crippen MR) is 184 cm³/mol. The number of aliphatic hydroxyl groups is 1. The van der Waals surface area contributed by atoms with E-state index >= 15 is 8.78 Å². The van der Waals surface area contributed by atoms with Gasteiger partial charge in [-0.3, -0.25) is 14.5 Å². The van der Waals surface area contributed by atoms with E-state index in [-0.39, 0.29) is 30.0 Å². The van der Waals surface area contributed by atoms with E-state index < -0.39 is 70.8 Å². The molecule has 2 fully saturated rings. The lowest BCUT2D eigenvalue weighted by atomic mass is 9.93. The maximum atomic E-state index is 15.2. The van der Waals surface area contributed by atoms with Gasteiger partial charge in [-0.15, -0.1) is 0 Å². The average Bonchev–Trinajstić information content (AvgIpc) is 3.74. The molecule has 2 aliphatic carbocycles. The molecule has 0 bridgehead atoms. The summed E-state index contributed by atoms with van der Waals surface area (Å²) in [6, 6.07) is 10.9. The molecule has 2 aromatic heterocycles. The fourth-order valence-corrected chi connectivity index (χ4v) is 6.75. The van der Waals surface area contributed by atoms with Gasteiger partial charge in [-0.2, -0.15) is 27.1 Å². The second-order valence-electron chi connectivity index (χ2n) is 13.3. The molecule has 0 saturated heterocycles. The van der Waals surface area contributed by atoms with Gasteiger partial charge in [-0.05, 0) is 74.4 Å². The van der Waals surface area contributed by atoms with Crippen molar-refractivity contribution in [3.63, 3.8) is 0 Å². The molecule has 1 amide bonds. The molecule has 52 heavy (non-hydrogen) atoms. The number of aromatic nitrogens is 3. The zero-order chi connectivity index (χ0) is 37.9. The van der Waals surface area contributed by atoms with Crippen LogP contribution in [0, 0.1) is 29.5 Å². The van der Waals surface area contributed by atoms with Crippen molar-refractivity contribution in [2.75, 3.05) is 12.3 Å². The molecule has 6 N–H and O–H groups in total. The van der Waals surface area contributed by atoms with Gasteiger partial charge in [0.2, 0.25) is 5.91 Å². The molecule has 0 spiro atoms. The molecule has 16 heteroatoms. The first kappa shape index (κ1) is 36.7. The van der Waals surface area contributed by atoms with Crippen LogP contribution >= 0.6 is 11.6 Å². The summed E-state index contributed by atoms with van der Waals surface area (Å²) in [5.74, 6) is -2.11. The Hall–Kier alpha value is -5.07. The molecule has 2 heterocycles. The summed E-state index contributed by atoms with van der Waals surface area (Å²) < 4.78 is 86.9. The van der Waals surface area contributed by atoms with E-state index in [1.165, 1.54) is 36.7 Å². The Bertz CT molecular complexity index is 2230. The van der Waals surface area contributed by atoms with E-state index in [9.17, 15) is 27.5 Å². The van der Waals surface area contributed by atoms with Crippen molar-refractivity contribution in [3.05, 3.63) is 87.6 Å². The first-order chi connectivity index (χ1) is 24.3. The Morgan fingerprint density at radius 1 is 1.19 bits per heavy atom. The number of alkyl halides is 5. The highest BCUT2D eigenvalue weighted by Gasteiger charge is 2.68. The molecule has 9 nitrogen and oxygen atoms in total. The standard InChI is InChI=1S/C36H32ClF6N7O2/c1-34(2,52)12-11-19-7-8-20(21-9-10-24(37)28-30(21)50(3)49-33(28)45)29(47-19)25(14-17-5-4-6-18(38)13-17)48-26(51)16-46-32-27(31(44)36(41,42)43)22-15-23(22)35(32,39)40/h4-10,13,22-23,25,52H,14-16,44H2,1-3H3,(H2,45,49)(H,48,51). The highest BCUT2D eigenvalue weighted by atomic mass is 35.5. The number of halogens is 7. The predicted octanol–water partition coefficient (Wildman–Crippen LogP) is 6.03. The Kier molecular flexibility index (Phi) is 9.29. The summed E-state index contributed by atoms with van der Waals surface area (Å²) in [5, 5.41) is 18.0. The number of nitrogens with two attached hydrogens (primary N) is 2. The molecule has 2 aromatic carbocycles. The smallest absolute Gasteiger partial charge is 0.394 e. The van der Waals surface area contributed by atoms with Gasteiger partial charge in [0.1, 0.15) is 35.1 Å². The minimum absolute atomic E-state index is 0.0841. The number of aliphatic imine (C=N–C) groups is 1. The molecule has 4 aromatic rings. The van der Waals surface area contributed by atoms with Crippen molar-refractivity contribution in [3.8, 4) is 23.0 Å². The Morgan fingerprint density at radius 3 is 2.58 bits per heavy atom. The van der Waals surface area contributed by atoms with Crippen LogP contribution in [0.3, 0.4) is 0 Å². The van der Waals surface area contributed by atoms with Gasteiger partial charge < -0.3 is 21.9 Å². The number of carbonyl (C=O) groups is 1. The van der Waals surface area contributed by atoms with E-state index in [2.05, 4.69) is 27.2 Å². The normalized spacial score (nSPS) is 20.3. The SMILES string of the molecule is Cn1nc(N)c2c(Cl)ccc(-c3ccc(C#CC(C)(C)O)nc3C(Cc3cccc(F)c3)NC(=O)CN=C3C(=C(N)C(F)(F)F)C4CC4C3(F)F)c21. The third-order valence-electron chi connectivity index (χ3n) is 8.84. The number of nitrogens with one attached hydrogen (secondary N) is 1. The largest absolute Gasteiger partial charge is 0.431 e. The number of amides is 1. The summed E-state index contributed by atoms with van der Waals surface area (Å²) >= 11 is 6.49. The van der Waals surface area contributed by atoms with Crippen LogP contribution in [0.2, 0.25) is 5.02 Å². The minimum Gasteiger partial charge on any atom is -0.394 e. The van der Waals surface area contributed by atoms with Crippen LogP contribution in [0.25, 0.3) is 22.0 Å². The molecule has 6 rings (SSSR count). The van der Waals surface area contributed by atoms with Gasteiger partial charge in [-0.1, -0.05) is 35.7 Å². The zero-order valence-electron chi connectivity index (χ0n) is 27.9. The molecular weight excluding hydrogens is 712 g/mol. The molecule has 272 valence electrons. The molecule has 2 aliphatic rings. The number of rotatable bonds is 7. The molecule has 3 unspecified atom stereocenters. The minimum atomic E-state index is -5.07. The number of fused-ring (bicyclic) bond motifs is 2. The maximum absolute atomic E-state index is 15.2. The monoisotopic (exact) mass is 743 g/mol. The lowest BCUT2D eigenvalue weighted by molar-refractivity contribution is -0.120. The van der Waals surface area contributed by atoms with Crippen molar-refractivity contribution in [2.45, 2.75) is 50.4 Å². The fourth-order valence-electron chi connectivity index (χ4n) is 6.50. The number of pyridine rings is 1. The Morgan fingerprint density at radius 2 is 1.90 bits per heavy atom. The summed E-state index contributed by atoms with van der Waals surface area (Å²) in [4.78, 5) is 22.0. The van der Waals surface area contributed by atoms with Crippen LogP contribution < -0.4 is 16.8 Å². The van der Waals surface area contributed by atoms with Gasteiger partial charge in [0.25, 0.3) is 5.92 Å². The Labute approximate surface area is 298 Å². The lowest BCUT2D eigenvalue weighted by Crippen LogP contribution is -2.35. The highest BCUT2D eigenvalue weighted by molar-refractivity contribution is 6.37. The summed E-state index contributed by atoms with van der Waals surface area (Å²) in [6.07, 6.45) is -5.34. The summed E-state index contributed by atoms with van der Waals surface area (Å²) in [6.45, 7) is 1.97. The summed E-state index contributed by atoms with van der Waals surface area (Å²) in [5.41, 5.74) is 8.68. The van der Waals surface area contributed by atoms with Gasteiger partial charge in [0.05, 0.1) is 27.7 Å². The van der Waals surface area contributed by atoms with Gasteiger partial charge in [0, 0.05) is 29.7 Å². The number of aryl methyl sites for hydroxylation is 1. The number of allylic oxidation sites excluding steroid dienone is 2. The number of nitrogens with zero attached hydrogens (tertiary/aromatic N) is 4. The van der Waals surface area contributed by atoms with Crippen LogP contribution in [-0.2, 0) is 18.3 Å². The summed E-state index contributed by atoms with van der Waals surface area (Å²) in [7, 11) is 1.65. The second-order valence-corrected chi connectivity index (χ2v) is 13.7. The van der Waals surface area contributed by atoms with E-state index in [1.807, 2.05) is 0 Å². The van der Waals surface area contributed by atoms with Crippen LogP contribution in [0.5, 0.6) is 0 Å². The number of hydrogen-bond donors (Lipinski definition) is 4. The average molecular weight is 744 g/mol. The van der Waals surface area contributed by atoms with E-state index in [1.54, 1.807) is 37.4 Å². The quantitative estimate of drug-likeness (QED) is 0.134. The van der Waals surface area contributed by atoms with E-state index in [4.69, 9.17) is 28.1 Å². The second kappa shape index (κ2) is 13.2. The first-order valence-corrected chi connectivity index (χ1v) is 16.4. The molecular formula is C36H32ClF6N7O2. The zero-order valence-corrected chi connectivity index (χ0v) is 28.7. The number of hydrogen-bond acceptors (Lipinski definition) is 7. The number of carbonyl (C=O) groups excluding carboxylic acids is 1. The maximum Gasteiger partial charge on any atom is 0.431 e. The fraction of sp³-hybridized carbons (Fsp3) is 0.333. The van der Waals surface area contributed by atoms with Gasteiger partial charge >= 0.3 is 6.18 Å². The third-order valence-corrected chi connectivity index (χ3v) is 9.16. The van der Waals surface area contributed by atoms with Crippen LogP contribution in [-0.4, -0.2) is 55.7 Å². The number of nitrogen functional groups attached to an aromatic ring is 1. The van der Waals surface area contributed by atoms with Crippen molar-refractivity contribution >= 4 is 39.9 Å². The Balaban J connectivity index is 1.47. The van der Waals surface area contributed by atoms with Crippen molar-refractivity contribution in [1.82, 2.24) is 20.1 Å².